The molecule has 0 saturated heterocycles. The topological polar surface area (TPSA) is 94.1 Å². The second kappa shape index (κ2) is 8.93. The number of rotatable bonds is 6. The molecule has 0 radical (unpaired) electrons. The molecule has 14 heteroatoms. The minimum atomic E-state index is -4.84. The van der Waals surface area contributed by atoms with Gasteiger partial charge in [0, 0.05) is 6.20 Å². The van der Waals surface area contributed by atoms with Crippen LogP contribution in [0.3, 0.4) is 0 Å². The first-order valence-electron chi connectivity index (χ1n) is 8.91. The van der Waals surface area contributed by atoms with Crippen molar-refractivity contribution in [1.29, 1.82) is 0 Å². The van der Waals surface area contributed by atoms with Crippen molar-refractivity contribution in [1.82, 2.24) is 15.0 Å². The van der Waals surface area contributed by atoms with Gasteiger partial charge in [-0.2, -0.15) is 13.2 Å². The number of aromatic nitrogens is 3. The van der Waals surface area contributed by atoms with Crippen LogP contribution in [-0.2, 0) is 10.0 Å². The number of para-hydroxylation sites is 2. The fraction of sp³-hybridized carbons (Fsp3) is 0.105. The minimum Gasteiger partial charge on any atom is -0.456 e. The van der Waals surface area contributed by atoms with E-state index >= 15 is 0 Å². The molecule has 0 amide bonds. The molecular weight excluding hydrogens is 524 g/mol. The van der Waals surface area contributed by atoms with Crippen LogP contribution in [0, 0.1) is 0 Å². The van der Waals surface area contributed by atoms with Crippen molar-refractivity contribution in [2.45, 2.75) is 17.2 Å². The second-order valence-corrected chi connectivity index (χ2v) is 9.82. The van der Waals surface area contributed by atoms with Crippen LogP contribution in [-0.4, -0.2) is 29.5 Å². The first-order valence-corrected chi connectivity index (χ1v) is 12.0. The van der Waals surface area contributed by atoms with Crippen molar-refractivity contribution in [3.63, 3.8) is 0 Å². The summed E-state index contributed by atoms with van der Waals surface area (Å²) < 4.78 is 74.5. The minimum absolute atomic E-state index is 0.0251. The average molecular weight is 535 g/mol. The molecule has 0 saturated carbocycles. The summed E-state index contributed by atoms with van der Waals surface area (Å²) in [6, 6.07) is 10.1. The lowest BCUT2D eigenvalue weighted by Crippen LogP contribution is -2.26. The average Bonchev–Trinajstić information content (AvgIpc) is 3.27. The normalized spacial score (nSPS) is 13.1. The molecule has 4 rings (SSSR count). The summed E-state index contributed by atoms with van der Waals surface area (Å²) in [5, 5.41) is -0.288. The number of benzene rings is 2. The number of hydrogen-bond acceptors (Lipinski definition) is 7. The van der Waals surface area contributed by atoms with Gasteiger partial charge in [-0.15, -0.1) is 11.3 Å². The van der Waals surface area contributed by atoms with Crippen molar-refractivity contribution in [3.8, 4) is 5.88 Å². The Morgan fingerprint density at radius 3 is 2.36 bits per heavy atom. The van der Waals surface area contributed by atoms with Crippen LogP contribution >= 0.6 is 34.5 Å². The maximum atomic E-state index is 13.7. The van der Waals surface area contributed by atoms with E-state index in [1.54, 1.807) is 12.1 Å². The number of hydrogen-bond donors (Lipinski definition) is 1. The standard InChI is InChI=1S/C19H11Cl2F3N4O3S2/c20-10-4-3-7-14(15(10)21)33(29,30)28-17-18(27-12-6-2-1-5-11(12)26-17)31-16(19(22,23)24)13-8-25-9-32-13/h1-9,16H,(H,26,28). The Hall–Kier alpha value is -2.67. The Morgan fingerprint density at radius 2 is 1.73 bits per heavy atom. The molecule has 0 aliphatic carbocycles. The maximum absolute atomic E-state index is 13.7. The number of alkyl halides is 3. The van der Waals surface area contributed by atoms with Gasteiger partial charge < -0.3 is 4.74 Å². The van der Waals surface area contributed by atoms with E-state index < -0.39 is 38.9 Å². The van der Waals surface area contributed by atoms with Gasteiger partial charge >= 0.3 is 6.18 Å². The summed E-state index contributed by atoms with van der Waals surface area (Å²) in [6.07, 6.45) is -6.28. The van der Waals surface area contributed by atoms with E-state index in [2.05, 4.69) is 19.7 Å². The highest BCUT2D eigenvalue weighted by Crippen LogP contribution is 2.40. The first kappa shape index (κ1) is 23.5. The predicted octanol–water partition coefficient (Wildman–Crippen LogP) is 5.88. The Labute approximate surface area is 199 Å². The lowest BCUT2D eigenvalue weighted by Gasteiger charge is -2.21. The van der Waals surface area contributed by atoms with Crippen molar-refractivity contribution in [2.75, 3.05) is 4.72 Å². The monoisotopic (exact) mass is 534 g/mol. The molecule has 0 fully saturated rings. The molecule has 7 nitrogen and oxygen atoms in total. The predicted molar refractivity (Wildman–Crippen MR) is 118 cm³/mol. The van der Waals surface area contributed by atoms with Crippen LogP contribution in [0.5, 0.6) is 5.88 Å². The van der Waals surface area contributed by atoms with E-state index in [1.165, 1.54) is 35.8 Å². The van der Waals surface area contributed by atoms with Gasteiger partial charge in [-0.25, -0.2) is 18.4 Å². The van der Waals surface area contributed by atoms with E-state index in [-0.39, 0.29) is 26.0 Å². The number of ether oxygens (including phenoxy) is 1. The largest absolute Gasteiger partial charge is 0.456 e. The van der Waals surface area contributed by atoms with E-state index in [4.69, 9.17) is 27.9 Å². The number of nitrogens with zero attached hydrogens (tertiary/aromatic N) is 3. The molecule has 0 spiro atoms. The molecule has 2 heterocycles. The molecule has 33 heavy (non-hydrogen) atoms. The zero-order valence-corrected chi connectivity index (χ0v) is 19.2. The number of anilines is 1. The van der Waals surface area contributed by atoms with Crippen molar-refractivity contribution in [2.24, 2.45) is 0 Å². The molecule has 1 atom stereocenters. The molecular formula is C19H11Cl2F3N4O3S2. The third kappa shape index (κ3) is 4.98. The maximum Gasteiger partial charge on any atom is 0.430 e. The Bertz CT molecular complexity index is 1420. The second-order valence-electron chi connectivity index (χ2n) is 6.47. The lowest BCUT2D eigenvalue weighted by atomic mass is 10.3. The molecule has 172 valence electrons. The van der Waals surface area contributed by atoms with E-state index in [9.17, 15) is 21.6 Å². The molecule has 0 aliphatic heterocycles. The zero-order valence-electron chi connectivity index (χ0n) is 16.0. The summed E-state index contributed by atoms with van der Waals surface area (Å²) in [7, 11) is -4.42. The van der Waals surface area contributed by atoms with E-state index in [0.29, 0.717) is 0 Å². The number of sulfonamides is 1. The SMILES string of the molecule is O=S(=O)(Nc1nc2ccccc2nc1OC(c1cncs1)C(F)(F)F)c1cccc(Cl)c1Cl. The highest BCUT2D eigenvalue weighted by Gasteiger charge is 2.45. The molecule has 4 aromatic rings. The fourth-order valence-corrected chi connectivity index (χ4v) is 5.19. The fourth-order valence-electron chi connectivity index (χ4n) is 2.76. The third-order valence-electron chi connectivity index (χ3n) is 4.21. The molecule has 2 aromatic carbocycles. The van der Waals surface area contributed by atoms with Crippen molar-refractivity contribution >= 4 is 61.4 Å². The summed E-state index contributed by atoms with van der Waals surface area (Å²) >= 11 is 12.6. The quantitative estimate of drug-likeness (QED) is 0.332. The van der Waals surface area contributed by atoms with E-state index in [1.807, 2.05) is 0 Å². The van der Waals surface area contributed by atoms with Crippen LogP contribution in [0.1, 0.15) is 11.0 Å². The third-order valence-corrected chi connectivity index (χ3v) is 7.34. The van der Waals surface area contributed by atoms with Crippen molar-refractivity contribution in [3.05, 3.63) is 69.1 Å². The van der Waals surface area contributed by atoms with Gasteiger partial charge in [-0.1, -0.05) is 41.4 Å². The number of nitrogens with one attached hydrogen (secondary N) is 1. The zero-order chi connectivity index (χ0) is 23.8. The van der Waals surface area contributed by atoms with Gasteiger partial charge in [0.15, 0.2) is 0 Å². The van der Waals surface area contributed by atoms with Crippen molar-refractivity contribution < 1.29 is 26.3 Å². The Balaban J connectivity index is 1.82. The molecule has 0 bridgehead atoms. The van der Waals surface area contributed by atoms with Gasteiger partial charge in [0.05, 0.1) is 31.5 Å². The summed E-state index contributed by atoms with van der Waals surface area (Å²) in [5.74, 6) is -1.23. The van der Waals surface area contributed by atoms with Crippen LogP contribution in [0.4, 0.5) is 19.0 Å². The molecule has 1 unspecified atom stereocenters. The summed E-state index contributed by atoms with van der Waals surface area (Å²) in [5.41, 5.74) is 1.64. The number of halogens is 5. The molecule has 2 aromatic heterocycles. The summed E-state index contributed by atoms with van der Waals surface area (Å²) in [6.45, 7) is 0. The van der Waals surface area contributed by atoms with Crippen LogP contribution < -0.4 is 9.46 Å². The molecule has 0 aliphatic rings. The van der Waals surface area contributed by atoms with E-state index in [0.717, 1.165) is 17.5 Å². The van der Waals surface area contributed by atoms with Crippen LogP contribution in [0.15, 0.2) is 59.1 Å². The Kier molecular flexibility index (Phi) is 6.36. The molecule has 1 N–H and O–H groups in total. The number of fused-ring (bicyclic) bond motifs is 1. The van der Waals surface area contributed by atoms with Gasteiger partial charge in [0.25, 0.3) is 15.9 Å². The smallest absolute Gasteiger partial charge is 0.430 e. The van der Waals surface area contributed by atoms with Gasteiger partial charge in [0.1, 0.15) is 4.90 Å². The number of thiazole rings is 1. The van der Waals surface area contributed by atoms with Gasteiger partial charge in [-0.3, -0.25) is 9.71 Å². The summed E-state index contributed by atoms with van der Waals surface area (Å²) in [4.78, 5) is 11.2. The van der Waals surface area contributed by atoms with Crippen LogP contribution in [0.25, 0.3) is 11.0 Å². The highest BCUT2D eigenvalue weighted by atomic mass is 35.5. The lowest BCUT2D eigenvalue weighted by molar-refractivity contribution is -0.197. The highest BCUT2D eigenvalue weighted by molar-refractivity contribution is 7.92. The van der Waals surface area contributed by atoms with Gasteiger partial charge in [0.2, 0.25) is 11.9 Å². The Morgan fingerprint density at radius 1 is 1.03 bits per heavy atom. The van der Waals surface area contributed by atoms with Gasteiger partial charge in [-0.05, 0) is 24.3 Å². The first-order chi connectivity index (χ1) is 15.6. The van der Waals surface area contributed by atoms with Crippen LogP contribution in [0.2, 0.25) is 10.0 Å².